The van der Waals surface area contributed by atoms with Gasteiger partial charge in [0.2, 0.25) is 0 Å². The summed E-state index contributed by atoms with van der Waals surface area (Å²) in [5, 5.41) is 0. The van der Waals surface area contributed by atoms with Gasteiger partial charge in [-0.05, 0) is 39.2 Å². The molecule has 2 heterocycles. The van der Waals surface area contributed by atoms with Gasteiger partial charge in [-0.1, -0.05) is 0 Å². The van der Waals surface area contributed by atoms with Crippen LogP contribution in [0.5, 0.6) is 0 Å². The van der Waals surface area contributed by atoms with Crippen LogP contribution in [0.4, 0.5) is 5.82 Å². The molecule has 4 nitrogen and oxygen atoms in total. The van der Waals surface area contributed by atoms with Crippen LogP contribution < -0.4 is 5.73 Å². The number of amides is 1. The number of hydrogen-bond acceptors (Lipinski definition) is 2. The van der Waals surface area contributed by atoms with Crippen LogP contribution in [0.1, 0.15) is 49.5 Å². The second kappa shape index (κ2) is 4.82. The highest BCUT2D eigenvalue weighted by molar-refractivity contribution is 5.98. The maximum absolute atomic E-state index is 12.3. The van der Waals surface area contributed by atoms with E-state index in [4.69, 9.17) is 5.73 Å². The zero-order valence-corrected chi connectivity index (χ0v) is 10.6. The standard InChI is InChI=1S/C13H21N3O/c1-10(2)16-9-6-11(12(16)14)13(17)15-7-4-3-5-8-15/h6,9-10H,3-5,7-8,14H2,1-2H3. The van der Waals surface area contributed by atoms with E-state index in [0.717, 1.165) is 25.9 Å². The summed E-state index contributed by atoms with van der Waals surface area (Å²) in [4.78, 5) is 14.2. The van der Waals surface area contributed by atoms with Crippen molar-refractivity contribution in [2.45, 2.75) is 39.2 Å². The molecule has 0 unspecified atom stereocenters. The largest absolute Gasteiger partial charge is 0.384 e. The number of aromatic nitrogens is 1. The summed E-state index contributed by atoms with van der Waals surface area (Å²) in [5.74, 6) is 0.678. The van der Waals surface area contributed by atoms with Gasteiger partial charge in [0.05, 0.1) is 5.56 Å². The molecular weight excluding hydrogens is 214 g/mol. The van der Waals surface area contributed by atoms with Crippen LogP contribution in [-0.4, -0.2) is 28.5 Å². The van der Waals surface area contributed by atoms with Crippen molar-refractivity contribution in [3.8, 4) is 0 Å². The Balaban J connectivity index is 2.19. The second-order valence-electron chi connectivity index (χ2n) is 4.97. The lowest BCUT2D eigenvalue weighted by Crippen LogP contribution is -2.35. The highest BCUT2D eigenvalue weighted by Crippen LogP contribution is 2.21. The smallest absolute Gasteiger partial charge is 0.257 e. The predicted molar refractivity (Wildman–Crippen MR) is 69.0 cm³/mol. The van der Waals surface area contributed by atoms with E-state index >= 15 is 0 Å². The molecule has 0 atom stereocenters. The van der Waals surface area contributed by atoms with E-state index in [-0.39, 0.29) is 11.9 Å². The highest BCUT2D eigenvalue weighted by atomic mass is 16.2. The molecule has 2 rings (SSSR count). The lowest BCUT2D eigenvalue weighted by Gasteiger charge is -2.26. The number of nitrogen functional groups attached to an aromatic ring is 1. The molecule has 0 aromatic carbocycles. The average Bonchev–Trinajstić information content (AvgIpc) is 2.71. The van der Waals surface area contributed by atoms with Gasteiger partial charge in [0.15, 0.2) is 0 Å². The summed E-state index contributed by atoms with van der Waals surface area (Å²) in [7, 11) is 0. The van der Waals surface area contributed by atoms with Crippen molar-refractivity contribution in [3.63, 3.8) is 0 Å². The van der Waals surface area contributed by atoms with Gasteiger partial charge in [0, 0.05) is 25.3 Å². The Morgan fingerprint density at radius 3 is 2.47 bits per heavy atom. The van der Waals surface area contributed by atoms with Gasteiger partial charge >= 0.3 is 0 Å². The first kappa shape index (κ1) is 12.0. The molecule has 17 heavy (non-hydrogen) atoms. The van der Waals surface area contributed by atoms with Gasteiger partial charge in [-0.15, -0.1) is 0 Å². The van der Waals surface area contributed by atoms with Gasteiger partial charge in [-0.25, -0.2) is 0 Å². The van der Waals surface area contributed by atoms with Crippen molar-refractivity contribution < 1.29 is 4.79 Å². The summed E-state index contributed by atoms with van der Waals surface area (Å²) in [5.41, 5.74) is 6.68. The molecule has 0 radical (unpaired) electrons. The molecule has 1 fully saturated rings. The van der Waals surface area contributed by atoms with Crippen LogP contribution in [0.25, 0.3) is 0 Å². The molecule has 0 spiro atoms. The number of likely N-dealkylation sites (tertiary alicyclic amines) is 1. The third-order valence-corrected chi connectivity index (χ3v) is 3.39. The minimum absolute atomic E-state index is 0.0848. The van der Waals surface area contributed by atoms with Gasteiger partial charge < -0.3 is 15.2 Å². The van der Waals surface area contributed by atoms with E-state index in [1.54, 1.807) is 0 Å². The summed E-state index contributed by atoms with van der Waals surface area (Å²) < 4.78 is 1.94. The zero-order chi connectivity index (χ0) is 12.4. The quantitative estimate of drug-likeness (QED) is 0.855. The first-order valence-electron chi connectivity index (χ1n) is 6.37. The molecule has 1 aliphatic heterocycles. The number of hydrogen-bond donors (Lipinski definition) is 1. The topological polar surface area (TPSA) is 51.3 Å². The van der Waals surface area contributed by atoms with E-state index < -0.39 is 0 Å². The number of nitrogens with zero attached hydrogens (tertiary/aromatic N) is 2. The zero-order valence-electron chi connectivity index (χ0n) is 10.6. The normalized spacial score (nSPS) is 16.5. The fourth-order valence-electron chi connectivity index (χ4n) is 2.36. The predicted octanol–water partition coefficient (Wildman–Crippen LogP) is 2.28. The fraction of sp³-hybridized carbons (Fsp3) is 0.615. The second-order valence-corrected chi connectivity index (χ2v) is 4.97. The molecular formula is C13H21N3O. The molecule has 1 aromatic heterocycles. The molecule has 1 aromatic rings. The Morgan fingerprint density at radius 2 is 1.94 bits per heavy atom. The lowest BCUT2D eigenvalue weighted by molar-refractivity contribution is 0.0725. The molecule has 1 saturated heterocycles. The van der Waals surface area contributed by atoms with E-state index in [1.807, 2.05) is 21.7 Å². The van der Waals surface area contributed by atoms with Crippen molar-refractivity contribution in [2.75, 3.05) is 18.8 Å². The molecule has 94 valence electrons. The Kier molecular flexibility index (Phi) is 3.41. The van der Waals surface area contributed by atoms with E-state index in [9.17, 15) is 4.79 Å². The number of rotatable bonds is 2. The molecule has 0 bridgehead atoms. The number of carbonyl (C=O) groups is 1. The Bertz CT molecular complexity index is 403. The number of nitrogens with two attached hydrogens (primary N) is 1. The fourth-order valence-corrected chi connectivity index (χ4v) is 2.36. The lowest BCUT2D eigenvalue weighted by atomic mass is 10.1. The molecule has 1 aliphatic rings. The van der Waals surface area contributed by atoms with Crippen LogP contribution in [0.2, 0.25) is 0 Å². The maximum Gasteiger partial charge on any atom is 0.257 e. The number of carbonyl (C=O) groups excluding carboxylic acids is 1. The molecule has 0 saturated carbocycles. The van der Waals surface area contributed by atoms with E-state index in [2.05, 4.69) is 13.8 Å². The van der Waals surface area contributed by atoms with Crippen molar-refractivity contribution in [2.24, 2.45) is 0 Å². The van der Waals surface area contributed by atoms with Crippen molar-refractivity contribution in [1.29, 1.82) is 0 Å². The third-order valence-electron chi connectivity index (χ3n) is 3.39. The van der Waals surface area contributed by atoms with Gasteiger partial charge in [-0.3, -0.25) is 4.79 Å². The number of piperidine rings is 1. The molecule has 2 N–H and O–H groups in total. The van der Waals surface area contributed by atoms with Crippen LogP contribution in [0, 0.1) is 0 Å². The summed E-state index contributed by atoms with van der Waals surface area (Å²) >= 11 is 0. The van der Waals surface area contributed by atoms with E-state index in [0.29, 0.717) is 11.4 Å². The SMILES string of the molecule is CC(C)n1ccc(C(=O)N2CCCCC2)c1N. The van der Waals surface area contributed by atoms with Crippen LogP contribution in [0.3, 0.4) is 0 Å². The molecule has 4 heteroatoms. The van der Waals surface area contributed by atoms with Crippen molar-refractivity contribution >= 4 is 11.7 Å². The third kappa shape index (κ3) is 2.30. The summed E-state index contributed by atoms with van der Waals surface area (Å²) in [6.45, 7) is 5.85. The first-order valence-corrected chi connectivity index (χ1v) is 6.37. The summed E-state index contributed by atoms with van der Waals surface area (Å²) in [6, 6.07) is 2.13. The van der Waals surface area contributed by atoms with Gasteiger partial charge in [0.1, 0.15) is 5.82 Å². The van der Waals surface area contributed by atoms with Crippen LogP contribution in [0.15, 0.2) is 12.3 Å². The Labute approximate surface area is 102 Å². The highest BCUT2D eigenvalue weighted by Gasteiger charge is 2.22. The van der Waals surface area contributed by atoms with Crippen LogP contribution >= 0.6 is 0 Å². The van der Waals surface area contributed by atoms with E-state index in [1.165, 1.54) is 6.42 Å². The minimum Gasteiger partial charge on any atom is -0.384 e. The van der Waals surface area contributed by atoms with Gasteiger partial charge in [0.25, 0.3) is 5.91 Å². The van der Waals surface area contributed by atoms with Crippen LogP contribution in [-0.2, 0) is 0 Å². The Hall–Kier alpha value is -1.45. The number of anilines is 1. The van der Waals surface area contributed by atoms with Gasteiger partial charge in [-0.2, -0.15) is 0 Å². The molecule has 0 aliphatic carbocycles. The maximum atomic E-state index is 12.3. The summed E-state index contributed by atoms with van der Waals surface area (Å²) in [6.07, 6.45) is 5.34. The monoisotopic (exact) mass is 235 g/mol. The average molecular weight is 235 g/mol. The van der Waals surface area contributed by atoms with Crippen molar-refractivity contribution in [3.05, 3.63) is 17.8 Å². The Morgan fingerprint density at radius 1 is 1.29 bits per heavy atom. The minimum atomic E-state index is 0.0848. The first-order chi connectivity index (χ1) is 8.11. The van der Waals surface area contributed by atoms with Crippen molar-refractivity contribution in [1.82, 2.24) is 9.47 Å². The molecule has 1 amide bonds.